The Bertz CT molecular complexity index is 1810. The number of carbonyl (C=O) groups is 2. The third-order valence-corrected chi connectivity index (χ3v) is 5.63. The first kappa shape index (κ1) is 33.4. The van der Waals surface area contributed by atoms with E-state index in [1.807, 2.05) is 54.6 Å². The van der Waals surface area contributed by atoms with Crippen LogP contribution in [-0.4, -0.2) is 56.6 Å². The second kappa shape index (κ2) is 17.1. The van der Waals surface area contributed by atoms with Gasteiger partial charge in [-0.2, -0.15) is 0 Å². The Kier molecular flexibility index (Phi) is 13.3. The first-order chi connectivity index (χ1) is 20.8. The second-order valence-electron chi connectivity index (χ2n) is 8.01. The van der Waals surface area contributed by atoms with Crippen molar-refractivity contribution in [2.45, 2.75) is 0 Å². The van der Waals surface area contributed by atoms with Gasteiger partial charge in [-0.05, 0) is 25.6 Å². The van der Waals surface area contributed by atoms with E-state index in [9.17, 15) is 9.59 Å². The van der Waals surface area contributed by atoms with E-state index in [1.165, 1.54) is 18.6 Å². The number of halogens is 2. The van der Waals surface area contributed by atoms with Crippen LogP contribution in [0.15, 0.2) is 97.8 Å². The molecule has 0 saturated carbocycles. The summed E-state index contributed by atoms with van der Waals surface area (Å²) in [5.74, 6) is -1.46. The molecule has 15 heteroatoms. The monoisotopic (exact) mass is 838 g/mol. The van der Waals surface area contributed by atoms with Crippen LogP contribution in [0.5, 0.6) is 0 Å². The molecule has 4 aromatic heterocycles. The zero-order valence-corrected chi connectivity index (χ0v) is 27.8. The number of carboxylic acid groups (broad SMARTS) is 1. The molecule has 6 rings (SSSR count). The van der Waals surface area contributed by atoms with E-state index in [0.29, 0.717) is 5.69 Å². The average Bonchev–Trinajstić information content (AvgIpc) is 3.04. The standard InChI is InChI=1S/C14H9ClN4O.C9H8N2.C5H3ClN2O2.BH.U/c15-12-8-17-11(7-18-12)14(20)19-10-5-1-3-9-4-2-6-16-13(9)10;10-8-5-1-3-7-4-2-6-11-9(7)8;6-4-2-7-3(1-8-4)5(9)10;;/h1-8H,(H,19,20);1-6H,10H2;1-2H,(H,9,10);1H;/i;;;1T;. The minimum atomic E-state index is -1.11. The molecule has 43 heavy (non-hydrogen) atoms. The van der Waals surface area contributed by atoms with E-state index in [4.69, 9.17) is 35.4 Å². The van der Waals surface area contributed by atoms with Crippen LogP contribution in [0, 0.1) is 31.1 Å². The number of amides is 1. The molecule has 0 spiro atoms. The molecule has 0 fully saturated rings. The smallest absolute Gasteiger partial charge is 0.356 e. The zero-order valence-electron chi connectivity index (χ0n) is 23.1. The van der Waals surface area contributed by atoms with Crippen molar-refractivity contribution < 1.29 is 45.8 Å². The molecule has 2 radical (unpaired) electrons. The maximum Gasteiger partial charge on any atom is 0.356 e. The molecule has 0 unspecified atom stereocenters. The van der Waals surface area contributed by atoms with Gasteiger partial charge in [-0.25, -0.2) is 24.7 Å². The Morgan fingerprint density at radius 3 is 1.77 bits per heavy atom. The van der Waals surface area contributed by atoms with Crippen LogP contribution in [0.25, 0.3) is 21.8 Å². The van der Waals surface area contributed by atoms with E-state index in [1.54, 1.807) is 18.5 Å². The van der Waals surface area contributed by atoms with Gasteiger partial charge in [0.15, 0.2) is 5.69 Å². The molecule has 212 valence electrons. The fourth-order valence-corrected chi connectivity index (χ4v) is 3.57. The molecule has 4 heterocycles. The number of pyridine rings is 2. The molecule has 0 saturated heterocycles. The largest absolute Gasteiger partial charge is 0.476 e. The van der Waals surface area contributed by atoms with Crippen molar-refractivity contribution in [3.63, 3.8) is 0 Å². The quantitative estimate of drug-likeness (QED) is 0.164. The van der Waals surface area contributed by atoms with Crippen molar-refractivity contribution in [3.05, 3.63) is 120 Å². The van der Waals surface area contributed by atoms with Gasteiger partial charge in [0.1, 0.15) is 16.0 Å². The number of fused-ring (bicyclic) bond motifs is 2. The van der Waals surface area contributed by atoms with Crippen LogP contribution >= 0.6 is 23.2 Å². The fourth-order valence-electron chi connectivity index (χ4n) is 3.37. The molecular weight excluding hydrogens is 816 g/mol. The van der Waals surface area contributed by atoms with Crippen molar-refractivity contribution in [1.82, 2.24) is 29.9 Å². The van der Waals surface area contributed by atoms with E-state index >= 15 is 0 Å². The Morgan fingerprint density at radius 2 is 1.23 bits per heavy atom. The van der Waals surface area contributed by atoms with Gasteiger partial charge < -0.3 is 16.2 Å². The number of benzene rings is 2. The number of aromatic carboxylic acids is 1. The van der Waals surface area contributed by atoms with Gasteiger partial charge in [-0.1, -0.05) is 59.6 Å². The van der Waals surface area contributed by atoms with Crippen LogP contribution in [0.4, 0.5) is 11.4 Å². The number of carbonyl (C=O) groups excluding carboxylic acids is 1. The predicted molar refractivity (Wildman–Crippen MR) is 164 cm³/mol. The molecular formula is C28H21BCl2N8O3U. The number of rotatable bonds is 3. The summed E-state index contributed by atoms with van der Waals surface area (Å²) in [6, 6.07) is 19.0. The summed E-state index contributed by atoms with van der Waals surface area (Å²) >= 11 is 11.0. The third kappa shape index (κ3) is 9.97. The Balaban J connectivity index is 0.000000240. The summed E-state index contributed by atoms with van der Waals surface area (Å²) in [6.45, 7) is 0. The number of carboxylic acids is 1. The number of hydrogen-bond acceptors (Lipinski definition) is 9. The second-order valence-corrected chi connectivity index (χ2v) is 8.79. The van der Waals surface area contributed by atoms with Crippen molar-refractivity contribution >= 4 is 76.6 Å². The summed E-state index contributed by atoms with van der Waals surface area (Å²) in [7, 11) is 3.75. The summed E-state index contributed by atoms with van der Waals surface area (Å²) < 4.78 is 5.25. The maximum absolute atomic E-state index is 12.1. The van der Waals surface area contributed by atoms with Crippen LogP contribution in [0.1, 0.15) is 21.0 Å². The zero-order chi connectivity index (χ0) is 31.2. The van der Waals surface area contributed by atoms with Gasteiger partial charge >= 0.3 is 5.97 Å². The number of nitrogen functional groups attached to an aromatic ring is 1. The molecule has 6 aromatic rings. The third-order valence-electron chi connectivity index (χ3n) is 5.24. The number of hydrogen-bond donors (Lipinski definition) is 3. The van der Waals surface area contributed by atoms with Crippen LogP contribution < -0.4 is 11.1 Å². The molecule has 0 atom stereocenters. The summed E-state index contributed by atoms with van der Waals surface area (Å²) in [4.78, 5) is 45.4. The molecule has 2 aromatic carbocycles. The van der Waals surface area contributed by atoms with E-state index in [0.717, 1.165) is 33.7 Å². The van der Waals surface area contributed by atoms with Crippen LogP contribution in [0.3, 0.4) is 0 Å². The Hall–Kier alpha value is -4.14. The van der Waals surface area contributed by atoms with Gasteiger partial charge in [0, 0.05) is 62.7 Å². The van der Waals surface area contributed by atoms with E-state index < -0.39 is 5.97 Å². The Labute approximate surface area is 282 Å². The van der Waals surface area contributed by atoms with Gasteiger partial charge in [0.2, 0.25) is 0 Å². The van der Waals surface area contributed by atoms with Gasteiger partial charge in [0.25, 0.3) is 5.91 Å². The number of nitrogens with two attached hydrogens (primary N) is 1. The Morgan fingerprint density at radius 1 is 0.721 bits per heavy atom. The number of nitrogens with one attached hydrogen (secondary N) is 1. The van der Waals surface area contributed by atoms with Gasteiger partial charge in [0.05, 0.1) is 47.2 Å². The number of anilines is 2. The van der Waals surface area contributed by atoms with E-state index in [-0.39, 0.29) is 58.7 Å². The predicted octanol–water partition coefficient (Wildman–Crippen LogP) is 4.93. The maximum atomic E-state index is 12.1. The van der Waals surface area contributed by atoms with Crippen molar-refractivity contribution in [2.75, 3.05) is 11.1 Å². The van der Waals surface area contributed by atoms with Crippen LogP contribution in [-0.2, 0) is 0 Å². The van der Waals surface area contributed by atoms with Crippen molar-refractivity contribution in [1.29, 1.82) is 1.34 Å². The molecule has 1 amide bonds. The van der Waals surface area contributed by atoms with E-state index in [2.05, 4.69) is 43.6 Å². The fraction of sp³-hybridized carbons (Fsp3) is 0. The SMILES string of the molecule is Nc1cccc2cccnc12.O=C(Nc1cccc2cccnc12)c1cnc(Cl)cn1.O=C(O)c1cnc(Cl)cn1.[3H][B].[U]. The molecule has 0 aliphatic carbocycles. The number of nitrogens with zero attached hydrogens (tertiary/aromatic N) is 6. The topological polar surface area (TPSA) is 170 Å². The average molecular weight is 839 g/mol. The van der Waals surface area contributed by atoms with Gasteiger partial charge in [-0.3, -0.25) is 14.8 Å². The normalized spacial score (nSPS) is 9.77. The van der Waals surface area contributed by atoms with Crippen molar-refractivity contribution in [3.8, 4) is 0 Å². The molecule has 0 aliphatic heterocycles. The van der Waals surface area contributed by atoms with Gasteiger partial charge in [-0.15, -0.1) is 0 Å². The summed E-state index contributed by atoms with van der Waals surface area (Å²) in [5.41, 5.74) is 8.76. The molecule has 11 nitrogen and oxygen atoms in total. The molecule has 0 bridgehead atoms. The minimum Gasteiger partial charge on any atom is -0.476 e. The minimum absolute atomic E-state index is 0. The summed E-state index contributed by atoms with van der Waals surface area (Å²) in [5, 5.41) is 13.6. The summed E-state index contributed by atoms with van der Waals surface area (Å²) in [6.07, 6.45) is 8.38. The number of aromatic nitrogens is 6. The first-order valence-corrected chi connectivity index (χ1v) is 12.5. The van der Waals surface area contributed by atoms with Crippen LogP contribution in [0.2, 0.25) is 10.3 Å². The molecule has 4 N–H and O–H groups in total. The van der Waals surface area contributed by atoms with Crippen molar-refractivity contribution in [2.24, 2.45) is 0 Å². The first-order valence-electron chi connectivity index (χ1n) is 12.3. The number of para-hydroxylation sites is 2. The molecule has 0 aliphatic rings.